The SMILES string of the molecule is Cc1cc(Cl)ccc1O[C@@H](C)C(=O)NC1CCCC1. The molecule has 3 nitrogen and oxygen atoms in total. The molecule has 0 aromatic heterocycles. The third kappa shape index (κ3) is 3.87. The average Bonchev–Trinajstić information content (AvgIpc) is 2.85. The molecular weight excluding hydrogens is 262 g/mol. The van der Waals surface area contributed by atoms with Crippen LogP contribution in [0.5, 0.6) is 5.75 Å². The third-order valence-corrected chi connectivity index (χ3v) is 3.75. The Labute approximate surface area is 119 Å². The average molecular weight is 282 g/mol. The first-order chi connectivity index (χ1) is 9.06. The molecule has 0 saturated heterocycles. The molecule has 0 unspecified atom stereocenters. The topological polar surface area (TPSA) is 38.3 Å². The van der Waals surface area contributed by atoms with Gasteiger partial charge in [-0.25, -0.2) is 0 Å². The van der Waals surface area contributed by atoms with Crippen LogP contribution in [0, 0.1) is 6.92 Å². The van der Waals surface area contributed by atoms with Crippen molar-refractivity contribution in [3.05, 3.63) is 28.8 Å². The Morgan fingerprint density at radius 3 is 2.74 bits per heavy atom. The Hall–Kier alpha value is -1.22. The monoisotopic (exact) mass is 281 g/mol. The smallest absolute Gasteiger partial charge is 0.260 e. The van der Waals surface area contributed by atoms with Crippen molar-refractivity contribution in [2.75, 3.05) is 0 Å². The standard InChI is InChI=1S/C15H20ClNO2/c1-10-9-12(16)7-8-14(10)19-11(2)15(18)17-13-5-3-4-6-13/h7-9,11,13H,3-6H2,1-2H3,(H,17,18)/t11-/m0/s1. The van der Waals surface area contributed by atoms with E-state index in [0.717, 1.165) is 18.4 Å². The number of ether oxygens (including phenoxy) is 1. The van der Waals surface area contributed by atoms with Gasteiger partial charge in [0.15, 0.2) is 6.10 Å². The van der Waals surface area contributed by atoms with Crippen molar-refractivity contribution in [1.29, 1.82) is 0 Å². The second-order valence-electron chi connectivity index (χ2n) is 5.16. The maximum absolute atomic E-state index is 12.0. The number of nitrogens with one attached hydrogen (secondary N) is 1. The lowest BCUT2D eigenvalue weighted by Gasteiger charge is -2.19. The van der Waals surface area contributed by atoms with Crippen molar-refractivity contribution < 1.29 is 9.53 Å². The summed E-state index contributed by atoms with van der Waals surface area (Å²) in [6.45, 7) is 3.70. The van der Waals surface area contributed by atoms with Gasteiger partial charge in [0.2, 0.25) is 0 Å². The highest BCUT2D eigenvalue weighted by Crippen LogP contribution is 2.23. The van der Waals surface area contributed by atoms with Gasteiger partial charge in [-0.05, 0) is 50.5 Å². The summed E-state index contributed by atoms with van der Waals surface area (Å²) in [5, 5.41) is 3.71. The zero-order chi connectivity index (χ0) is 13.8. The molecule has 1 saturated carbocycles. The van der Waals surface area contributed by atoms with Crippen LogP contribution in [0.15, 0.2) is 18.2 Å². The first-order valence-electron chi connectivity index (χ1n) is 6.79. The van der Waals surface area contributed by atoms with Crippen LogP contribution < -0.4 is 10.1 Å². The first-order valence-corrected chi connectivity index (χ1v) is 7.17. The summed E-state index contributed by atoms with van der Waals surface area (Å²) in [6, 6.07) is 5.73. The van der Waals surface area contributed by atoms with Crippen LogP contribution in [0.2, 0.25) is 5.02 Å². The van der Waals surface area contributed by atoms with Crippen molar-refractivity contribution in [1.82, 2.24) is 5.32 Å². The molecule has 0 radical (unpaired) electrons. The minimum absolute atomic E-state index is 0.0405. The van der Waals surface area contributed by atoms with Gasteiger partial charge in [0.25, 0.3) is 5.91 Å². The van der Waals surface area contributed by atoms with E-state index in [4.69, 9.17) is 16.3 Å². The van der Waals surface area contributed by atoms with Crippen LogP contribution in [0.4, 0.5) is 0 Å². The molecular formula is C15H20ClNO2. The Morgan fingerprint density at radius 1 is 1.42 bits per heavy atom. The van der Waals surface area contributed by atoms with E-state index in [1.807, 2.05) is 13.0 Å². The maximum Gasteiger partial charge on any atom is 0.260 e. The van der Waals surface area contributed by atoms with Crippen LogP contribution in [-0.2, 0) is 4.79 Å². The van der Waals surface area contributed by atoms with Crippen molar-refractivity contribution >= 4 is 17.5 Å². The summed E-state index contributed by atoms with van der Waals surface area (Å²) in [7, 11) is 0. The van der Waals surface area contributed by atoms with E-state index >= 15 is 0 Å². The molecule has 19 heavy (non-hydrogen) atoms. The van der Waals surface area contributed by atoms with Crippen molar-refractivity contribution in [2.45, 2.75) is 51.7 Å². The van der Waals surface area contributed by atoms with Gasteiger partial charge >= 0.3 is 0 Å². The number of hydrogen-bond donors (Lipinski definition) is 1. The van der Waals surface area contributed by atoms with Crippen molar-refractivity contribution in [3.63, 3.8) is 0 Å². The van der Waals surface area contributed by atoms with Crippen LogP contribution in [-0.4, -0.2) is 18.1 Å². The summed E-state index contributed by atoms with van der Waals surface area (Å²) < 4.78 is 5.70. The van der Waals surface area contributed by atoms with Gasteiger partial charge in [0, 0.05) is 11.1 Å². The van der Waals surface area contributed by atoms with Crippen LogP contribution in [0.25, 0.3) is 0 Å². The van der Waals surface area contributed by atoms with Gasteiger partial charge in [-0.3, -0.25) is 4.79 Å². The van der Waals surface area contributed by atoms with E-state index in [0.29, 0.717) is 16.8 Å². The van der Waals surface area contributed by atoms with Crippen molar-refractivity contribution in [3.8, 4) is 5.75 Å². The lowest BCUT2D eigenvalue weighted by Crippen LogP contribution is -2.41. The number of halogens is 1. The summed E-state index contributed by atoms with van der Waals surface area (Å²) in [6.07, 6.45) is 4.09. The highest BCUT2D eigenvalue weighted by molar-refractivity contribution is 6.30. The van der Waals surface area contributed by atoms with Crippen LogP contribution >= 0.6 is 11.6 Å². The van der Waals surface area contributed by atoms with Crippen LogP contribution in [0.1, 0.15) is 38.2 Å². The Morgan fingerprint density at radius 2 is 2.11 bits per heavy atom. The maximum atomic E-state index is 12.0. The highest BCUT2D eigenvalue weighted by Gasteiger charge is 2.21. The number of carbonyl (C=O) groups is 1. The number of rotatable bonds is 4. The summed E-state index contributed by atoms with van der Waals surface area (Å²) in [5.74, 6) is 0.666. The number of carbonyl (C=O) groups excluding carboxylic acids is 1. The normalized spacial score (nSPS) is 17.2. The zero-order valence-electron chi connectivity index (χ0n) is 11.4. The van der Waals surface area contributed by atoms with E-state index in [1.165, 1.54) is 12.8 Å². The Bertz CT molecular complexity index is 455. The molecule has 104 valence electrons. The van der Waals surface area contributed by atoms with E-state index in [1.54, 1.807) is 19.1 Å². The molecule has 0 bridgehead atoms. The molecule has 0 heterocycles. The highest BCUT2D eigenvalue weighted by atomic mass is 35.5. The second-order valence-corrected chi connectivity index (χ2v) is 5.60. The fourth-order valence-corrected chi connectivity index (χ4v) is 2.60. The molecule has 1 aromatic carbocycles. The number of hydrogen-bond acceptors (Lipinski definition) is 2. The largest absolute Gasteiger partial charge is 0.481 e. The van der Waals surface area contributed by atoms with Crippen LogP contribution in [0.3, 0.4) is 0 Å². The number of amides is 1. The quantitative estimate of drug-likeness (QED) is 0.918. The van der Waals surface area contributed by atoms with Gasteiger partial charge in [-0.2, -0.15) is 0 Å². The second kappa shape index (κ2) is 6.29. The summed E-state index contributed by atoms with van der Waals surface area (Å²) in [4.78, 5) is 12.0. The van der Waals surface area contributed by atoms with Crippen molar-refractivity contribution in [2.24, 2.45) is 0 Å². The van der Waals surface area contributed by atoms with E-state index in [9.17, 15) is 4.79 Å². The van der Waals surface area contributed by atoms with E-state index in [2.05, 4.69) is 5.32 Å². The molecule has 1 amide bonds. The molecule has 1 aliphatic rings. The third-order valence-electron chi connectivity index (χ3n) is 3.51. The van der Waals surface area contributed by atoms with Gasteiger partial charge in [0.05, 0.1) is 0 Å². The summed E-state index contributed by atoms with van der Waals surface area (Å²) >= 11 is 5.89. The van der Waals surface area contributed by atoms with E-state index in [-0.39, 0.29) is 5.91 Å². The van der Waals surface area contributed by atoms with Gasteiger partial charge < -0.3 is 10.1 Å². The Balaban J connectivity index is 1.92. The molecule has 1 fully saturated rings. The fourth-order valence-electron chi connectivity index (χ4n) is 2.38. The van der Waals surface area contributed by atoms with Gasteiger partial charge in [0.1, 0.15) is 5.75 Å². The van der Waals surface area contributed by atoms with E-state index < -0.39 is 6.10 Å². The zero-order valence-corrected chi connectivity index (χ0v) is 12.2. The molecule has 0 aliphatic heterocycles. The molecule has 1 N–H and O–H groups in total. The first kappa shape index (κ1) is 14.2. The molecule has 1 atom stereocenters. The lowest BCUT2D eigenvalue weighted by molar-refractivity contribution is -0.127. The minimum atomic E-state index is -0.486. The predicted octanol–water partition coefficient (Wildman–Crippen LogP) is 3.47. The molecule has 1 aliphatic carbocycles. The number of benzene rings is 1. The predicted molar refractivity (Wildman–Crippen MR) is 76.7 cm³/mol. The van der Waals surface area contributed by atoms with Gasteiger partial charge in [-0.1, -0.05) is 24.4 Å². The molecule has 1 aromatic rings. The molecule has 4 heteroatoms. The Kier molecular flexibility index (Phi) is 4.70. The van der Waals surface area contributed by atoms with Gasteiger partial charge in [-0.15, -0.1) is 0 Å². The lowest BCUT2D eigenvalue weighted by atomic mass is 10.2. The molecule has 0 spiro atoms. The molecule has 2 rings (SSSR count). The fraction of sp³-hybridized carbons (Fsp3) is 0.533. The minimum Gasteiger partial charge on any atom is -0.481 e. The summed E-state index contributed by atoms with van der Waals surface area (Å²) in [5.41, 5.74) is 0.938. The number of aryl methyl sites for hydroxylation is 1.